The molecular weight excluding hydrogens is 234 g/mol. The first-order chi connectivity index (χ1) is 9.10. The van der Waals surface area contributed by atoms with Crippen LogP contribution < -0.4 is 5.73 Å². The van der Waals surface area contributed by atoms with Gasteiger partial charge in [-0.1, -0.05) is 45.0 Å². The Kier molecular flexibility index (Phi) is 4.38. The van der Waals surface area contributed by atoms with E-state index in [0.717, 1.165) is 29.9 Å². The first-order valence-corrected chi connectivity index (χ1v) is 7.00. The maximum absolute atomic E-state index is 5.97. The van der Waals surface area contributed by atoms with Gasteiger partial charge in [0.1, 0.15) is 5.82 Å². The number of nitrogens with two attached hydrogens (primary N) is 1. The minimum atomic E-state index is -0.00559. The van der Waals surface area contributed by atoms with E-state index in [2.05, 4.69) is 55.0 Å². The zero-order valence-electron chi connectivity index (χ0n) is 12.0. The number of aromatic nitrogens is 2. The molecule has 0 aliphatic rings. The number of H-pyrrole nitrogens is 1. The fourth-order valence-corrected chi connectivity index (χ4v) is 2.16. The minimum absolute atomic E-state index is 0.00559. The van der Waals surface area contributed by atoms with Crippen LogP contribution in [0, 0.1) is 5.92 Å². The van der Waals surface area contributed by atoms with Gasteiger partial charge in [-0.15, -0.1) is 0 Å². The quantitative estimate of drug-likeness (QED) is 0.858. The summed E-state index contributed by atoms with van der Waals surface area (Å²) in [7, 11) is 0. The summed E-state index contributed by atoms with van der Waals surface area (Å²) in [5.41, 5.74) is 9.55. The Bertz CT molecular complexity index is 511. The molecule has 0 spiro atoms. The lowest BCUT2D eigenvalue weighted by atomic mass is 10.0. The molecule has 19 heavy (non-hydrogen) atoms. The van der Waals surface area contributed by atoms with Crippen molar-refractivity contribution in [3.05, 3.63) is 41.9 Å². The van der Waals surface area contributed by atoms with Crippen molar-refractivity contribution in [2.45, 2.75) is 39.7 Å². The van der Waals surface area contributed by atoms with Crippen LogP contribution in [-0.4, -0.2) is 9.97 Å². The Morgan fingerprint density at radius 2 is 1.89 bits per heavy atom. The van der Waals surface area contributed by atoms with E-state index < -0.39 is 0 Å². The topological polar surface area (TPSA) is 54.7 Å². The van der Waals surface area contributed by atoms with Gasteiger partial charge in [-0.25, -0.2) is 4.98 Å². The SMILES string of the molecule is CCC(N)c1ncc(-c2ccc(CC(C)C)cc2)[nH]1. The molecule has 3 nitrogen and oxygen atoms in total. The lowest BCUT2D eigenvalue weighted by Gasteiger charge is -2.06. The molecule has 2 rings (SSSR count). The monoisotopic (exact) mass is 257 g/mol. The van der Waals surface area contributed by atoms with E-state index >= 15 is 0 Å². The van der Waals surface area contributed by atoms with Gasteiger partial charge in [0.2, 0.25) is 0 Å². The highest BCUT2D eigenvalue weighted by Gasteiger charge is 2.09. The van der Waals surface area contributed by atoms with Crippen LogP contribution in [0.15, 0.2) is 30.5 Å². The number of hydrogen-bond donors (Lipinski definition) is 2. The fourth-order valence-electron chi connectivity index (χ4n) is 2.16. The molecule has 3 N–H and O–H groups in total. The second-order valence-corrected chi connectivity index (χ2v) is 5.49. The molecule has 0 saturated carbocycles. The normalized spacial score (nSPS) is 12.9. The van der Waals surface area contributed by atoms with E-state index in [1.54, 1.807) is 0 Å². The molecule has 1 atom stereocenters. The average molecular weight is 257 g/mol. The molecule has 1 aromatic carbocycles. The van der Waals surface area contributed by atoms with Crippen LogP contribution in [0.1, 0.15) is 44.6 Å². The summed E-state index contributed by atoms with van der Waals surface area (Å²) in [5.74, 6) is 1.55. The van der Waals surface area contributed by atoms with Crippen molar-refractivity contribution < 1.29 is 0 Å². The molecule has 1 heterocycles. The third-order valence-corrected chi connectivity index (χ3v) is 3.30. The van der Waals surface area contributed by atoms with Crippen LogP contribution in [-0.2, 0) is 6.42 Å². The van der Waals surface area contributed by atoms with Gasteiger partial charge < -0.3 is 10.7 Å². The van der Waals surface area contributed by atoms with Gasteiger partial charge >= 0.3 is 0 Å². The molecule has 0 aliphatic carbocycles. The van der Waals surface area contributed by atoms with Crippen molar-refractivity contribution in [2.24, 2.45) is 11.7 Å². The lowest BCUT2D eigenvalue weighted by Crippen LogP contribution is -2.10. The molecule has 0 radical (unpaired) electrons. The number of rotatable bonds is 5. The predicted octanol–water partition coefficient (Wildman–Crippen LogP) is 3.69. The number of benzene rings is 1. The van der Waals surface area contributed by atoms with Crippen LogP contribution >= 0.6 is 0 Å². The van der Waals surface area contributed by atoms with Crippen molar-refractivity contribution in [3.8, 4) is 11.3 Å². The van der Waals surface area contributed by atoms with Gasteiger partial charge in [-0.05, 0) is 29.9 Å². The van der Waals surface area contributed by atoms with Crippen LogP contribution in [0.5, 0.6) is 0 Å². The molecule has 0 fully saturated rings. The molecule has 2 aromatic rings. The van der Waals surface area contributed by atoms with Crippen LogP contribution in [0.25, 0.3) is 11.3 Å². The van der Waals surface area contributed by atoms with Gasteiger partial charge in [-0.2, -0.15) is 0 Å². The highest BCUT2D eigenvalue weighted by atomic mass is 15.0. The van der Waals surface area contributed by atoms with E-state index in [1.165, 1.54) is 5.56 Å². The highest BCUT2D eigenvalue weighted by Crippen LogP contribution is 2.21. The second kappa shape index (κ2) is 6.02. The smallest absolute Gasteiger partial charge is 0.123 e. The molecule has 0 bridgehead atoms. The third-order valence-electron chi connectivity index (χ3n) is 3.30. The van der Waals surface area contributed by atoms with Crippen molar-refractivity contribution in [1.29, 1.82) is 0 Å². The van der Waals surface area contributed by atoms with Gasteiger partial charge in [0.25, 0.3) is 0 Å². The minimum Gasteiger partial charge on any atom is -0.341 e. The first-order valence-electron chi connectivity index (χ1n) is 7.00. The third kappa shape index (κ3) is 3.44. The molecule has 0 amide bonds. The Labute approximate surface area is 115 Å². The summed E-state index contributed by atoms with van der Waals surface area (Å²) in [6.07, 6.45) is 3.87. The summed E-state index contributed by atoms with van der Waals surface area (Å²) in [6, 6.07) is 8.67. The summed E-state index contributed by atoms with van der Waals surface area (Å²) in [6.45, 7) is 6.54. The molecule has 102 valence electrons. The molecule has 0 saturated heterocycles. The number of nitrogens with zero attached hydrogens (tertiary/aromatic N) is 1. The molecule has 3 heteroatoms. The van der Waals surface area contributed by atoms with E-state index in [9.17, 15) is 0 Å². The van der Waals surface area contributed by atoms with Crippen molar-refractivity contribution in [2.75, 3.05) is 0 Å². The Balaban J connectivity index is 2.15. The molecule has 0 aliphatic heterocycles. The average Bonchev–Trinajstić information content (AvgIpc) is 2.87. The van der Waals surface area contributed by atoms with E-state index in [1.807, 2.05) is 6.20 Å². The van der Waals surface area contributed by atoms with Crippen molar-refractivity contribution in [1.82, 2.24) is 9.97 Å². The zero-order chi connectivity index (χ0) is 13.8. The lowest BCUT2D eigenvalue weighted by molar-refractivity contribution is 0.647. The van der Waals surface area contributed by atoms with E-state index in [-0.39, 0.29) is 6.04 Å². The van der Waals surface area contributed by atoms with Crippen LogP contribution in [0.4, 0.5) is 0 Å². The Morgan fingerprint density at radius 1 is 1.21 bits per heavy atom. The van der Waals surface area contributed by atoms with Crippen molar-refractivity contribution >= 4 is 0 Å². The summed E-state index contributed by atoms with van der Waals surface area (Å²) in [5, 5.41) is 0. The van der Waals surface area contributed by atoms with Crippen LogP contribution in [0.3, 0.4) is 0 Å². The fraction of sp³-hybridized carbons (Fsp3) is 0.438. The first kappa shape index (κ1) is 13.8. The van der Waals surface area contributed by atoms with Crippen LogP contribution in [0.2, 0.25) is 0 Å². The number of aromatic amines is 1. The highest BCUT2D eigenvalue weighted by molar-refractivity contribution is 5.58. The number of imidazole rings is 1. The molecule has 1 aromatic heterocycles. The maximum Gasteiger partial charge on any atom is 0.123 e. The largest absolute Gasteiger partial charge is 0.341 e. The number of hydrogen-bond acceptors (Lipinski definition) is 2. The predicted molar refractivity (Wildman–Crippen MR) is 79.8 cm³/mol. The maximum atomic E-state index is 5.97. The van der Waals surface area contributed by atoms with E-state index in [0.29, 0.717) is 5.92 Å². The number of nitrogens with one attached hydrogen (secondary N) is 1. The summed E-state index contributed by atoms with van der Waals surface area (Å²) >= 11 is 0. The second-order valence-electron chi connectivity index (χ2n) is 5.49. The van der Waals surface area contributed by atoms with E-state index in [4.69, 9.17) is 5.73 Å². The standard InChI is InChI=1S/C16H23N3/c1-4-14(17)16-18-10-15(19-16)13-7-5-12(6-8-13)9-11(2)3/h5-8,10-11,14H,4,9,17H2,1-3H3,(H,18,19). The van der Waals surface area contributed by atoms with Gasteiger partial charge in [0.05, 0.1) is 17.9 Å². The summed E-state index contributed by atoms with van der Waals surface area (Å²) in [4.78, 5) is 7.66. The summed E-state index contributed by atoms with van der Waals surface area (Å²) < 4.78 is 0. The Morgan fingerprint density at radius 3 is 2.47 bits per heavy atom. The van der Waals surface area contributed by atoms with Gasteiger partial charge in [-0.3, -0.25) is 0 Å². The molecular formula is C16H23N3. The molecule has 1 unspecified atom stereocenters. The van der Waals surface area contributed by atoms with Gasteiger partial charge in [0, 0.05) is 0 Å². The zero-order valence-corrected chi connectivity index (χ0v) is 12.0. The van der Waals surface area contributed by atoms with Gasteiger partial charge in [0.15, 0.2) is 0 Å². The Hall–Kier alpha value is -1.61. The van der Waals surface area contributed by atoms with Crippen molar-refractivity contribution in [3.63, 3.8) is 0 Å².